The predicted molar refractivity (Wildman–Crippen MR) is 77.8 cm³/mol. The minimum Gasteiger partial charge on any atom is -0.496 e. The second kappa shape index (κ2) is 4.85. The Balaban J connectivity index is 2.23. The Morgan fingerprint density at radius 2 is 2.05 bits per heavy atom. The van der Waals surface area contributed by atoms with Crippen LogP contribution in [0.4, 0.5) is 0 Å². The summed E-state index contributed by atoms with van der Waals surface area (Å²) in [6.07, 6.45) is 1.00. The monoisotopic (exact) mass is 273 g/mol. The van der Waals surface area contributed by atoms with Crippen LogP contribution >= 0.6 is 0 Å². The van der Waals surface area contributed by atoms with E-state index < -0.39 is 0 Å². The number of aromatic nitrogens is 1. The Morgan fingerprint density at radius 1 is 1.25 bits per heavy atom. The molecule has 0 radical (unpaired) electrons. The van der Waals surface area contributed by atoms with E-state index >= 15 is 0 Å². The van der Waals surface area contributed by atoms with Crippen molar-refractivity contribution in [2.24, 2.45) is 5.92 Å². The molecular weight excluding hydrogens is 254 g/mol. The van der Waals surface area contributed by atoms with Crippen molar-refractivity contribution in [2.75, 3.05) is 14.2 Å². The summed E-state index contributed by atoms with van der Waals surface area (Å²) >= 11 is 0. The van der Waals surface area contributed by atoms with E-state index in [0.717, 1.165) is 34.4 Å². The van der Waals surface area contributed by atoms with E-state index in [2.05, 4.69) is 18.8 Å². The first kappa shape index (κ1) is 13.0. The number of ether oxygens (including phenoxy) is 3. The highest BCUT2D eigenvalue weighted by molar-refractivity contribution is 5.92. The minimum atomic E-state index is 0.161. The molecule has 1 atom stereocenters. The van der Waals surface area contributed by atoms with Crippen LogP contribution in [0.5, 0.6) is 17.4 Å². The third-order valence-corrected chi connectivity index (χ3v) is 3.83. The Bertz CT molecular complexity index is 652. The highest BCUT2D eigenvalue weighted by Crippen LogP contribution is 2.42. The van der Waals surface area contributed by atoms with Gasteiger partial charge < -0.3 is 14.2 Å². The molecule has 0 bridgehead atoms. The number of para-hydroxylation sites is 1. The van der Waals surface area contributed by atoms with E-state index in [1.165, 1.54) is 0 Å². The summed E-state index contributed by atoms with van der Waals surface area (Å²) in [7, 11) is 3.34. The summed E-state index contributed by atoms with van der Waals surface area (Å²) in [4.78, 5) is 4.64. The number of rotatable bonds is 3. The van der Waals surface area contributed by atoms with Gasteiger partial charge in [-0.25, -0.2) is 4.98 Å². The maximum Gasteiger partial charge on any atom is 0.221 e. The standard InChI is InChI=1S/C16H19NO3/c1-9(2)13-8-11-15(19-4)10-6-5-7-12(18-3)14(10)17-16(11)20-13/h5-7,9,13H,8H2,1-4H3. The molecule has 0 aliphatic carbocycles. The number of hydrogen-bond acceptors (Lipinski definition) is 4. The number of hydrogen-bond donors (Lipinski definition) is 0. The fraction of sp³-hybridized carbons (Fsp3) is 0.438. The van der Waals surface area contributed by atoms with E-state index in [1.807, 2.05) is 18.2 Å². The molecule has 2 heterocycles. The first-order chi connectivity index (χ1) is 9.65. The Labute approximate surface area is 118 Å². The summed E-state index contributed by atoms with van der Waals surface area (Å²) < 4.78 is 17.0. The van der Waals surface area contributed by atoms with Crippen molar-refractivity contribution in [2.45, 2.75) is 26.4 Å². The SMILES string of the molecule is COc1c2c(nc3c(OC)cccc13)OC(C(C)C)C2. The van der Waals surface area contributed by atoms with Crippen LogP contribution in [-0.4, -0.2) is 25.3 Å². The third-order valence-electron chi connectivity index (χ3n) is 3.83. The van der Waals surface area contributed by atoms with Gasteiger partial charge in [0.25, 0.3) is 0 Å². The molecule has 1 unspecified atom stereocenters. The smallest absolute Gasteiger partial charge is 0.221 e. The first-order valence-corrected chi connectivity index (χ1v) is 6.86. The molecule has 0 amide bonds. The molecule has 20 heavy (non-hydrogen) atoms. The molecule has 4 nitrogen and oxygen atoms in total. The average molecular weight is 273 g/mol. The first-order valence-electron chi connectivity index (χ1n) is 6.86. The van der Waals surface area contributed by atoms with Crippen molar-refractivity contribution in [3.63, 3.8) is 0 Å². The molecular formula is C16H19NO3. The molecule has 0 saturated heterocycles. The van der Waals surface area contributed by atoms with Crippen LogP contribution in [0.2, 0.25) is 0 Å². The van der Waals surface area contributed by atoms with Gasteiger partial charge in [0.1, 0.15) is 23.1 Å². The summed E-state index contributed by atoms with van der Waals surface area (Å²) in [6, 6.07) is 5.86. The molecule has 1 aromatic carbocycles. The van der Waals surface area contributed by atoms with Crippen molar-refractivity contribution in [3.8, 4) is 17.4 Å². The molecule has 1 aliphatic rings. The van der Waals surface area contributed by atoms with Crippen molar-refractivity contribution >= 4 is 10.9 Å². The van der Waals surface area contributed by atoms with Crippen LogP contribution in [0.1, 0.15) is 19.4 Å². The second-order valence-electron chi connectivity index (χ2n) is 5.39. The van der Waals surface area contributed by atoms with Crippen molar-refractivity contribution in [1.82, 2.24) is 4.98 Å². The predicted octanol–water partition coefficient (Wildman–Crippen LogP) is 3.21. The lowest BCUT2D eigenvalue weighted by atomic mass is 10.0. The molecule has 2 aromatic rings. The summed E-state index contributed by atoms with van der Waals surface area (Å²) in [6.45, 7) is 4.31. The number of nitrogens with zero attached hydrogens (tertiary/aromatic N) is 1. The van der Waals surface area contributed by atoms with Gasteiger partial charge in [-0.15, -0.1) is 0 Å². The molecule has 0 N–H and O–H groups in total. The molecule has 3 rings (SSSR count). The van der Waals surface area contributed by atoms with Crippen LogP contribution in [0.3, 0.4) is 0 Å². The van der Waals surface area contributed by atoms with E-state index in [4.69, 9.17) is 14.2 Å². The zero-order valence-electron chi connectivity index (χ0n) is 12.3. The van der Waals surface area contributed by atoms with Gasteiger partial charge in [0, 0.05) is 11.8 Å². The lowest BCUT2D eigenvalue weighted by Gasteiger charge is -2.13. The van der Waals surface area contributed by atoms with Gasteiger partial charge in [-0.05, 0) is 18.1 Å². The largest absolute Gasteiger partial charge is 0.496 e. The fourth-order valence-electron chi connectivity index (χ4n) is 2.68. The topological polar surface area (TPSA) is 40.6 Å². The number of fused-ring (bicyclic) bond motifs is 2. The van der Waals surface area contributed by atoms with Gasteiger partial charge in [-0.1, -0.05) is 19.9 Å². The second-order valence-corrected chi connectivity index (χ2v) is 5.39. The zero-order chi connectivity index (χ0) is 14.3. The van der Waals surface area contributed by atoms with Crippen molar-refractivity contribution in [3.05, 3.63) is 23.8 Å². The number of pyridine rings is 1. The van der Waals surface area contributed by atoms with Crippen LogP contribution in [0.15, 0.2) is 18.2 Å². The maximum atomic E-state index is 5.97. The Kier molecular flexibility index (Phi) is 3.16. The van der Waals surface area contributed by atoms with Crippen LogP contribution in [0.25, 0.3) is 10.9 Å². The molecule has 0 fully saturated rings. The zero-order valence-corrected chi connectivity index (χ0v) is 12.3. The van der Waals surface area contributed by atoms with Gasteiger partial charge in [0.2, 0.25) is 5.88 Å². The Morgan fingerprint density at radius 3 is 2.70 bits per heavy atom. The lowest BCUT2D eigenvalue weighted by Crippen LogP contribution is -2.20. The van der Waals surface area contributed by atoms with E-state index in [0.29, 0.717) is 11.8 Å². The highest BCUT2D eigenvalue weighted by atomic mass is 16.5. The van der Waals surface area contributed by atoms with Gasteiger partial charge in [-0.2, -0.15) is 0 Å². The third kappa shape index (κ3) is 1.87. The molecule has 1 aliphatic heterocycles. The van der Waals surface area contributed by atoms with Gasteiger partial charge in [0.15, 0.2) is 0 Å². The van der Waals surface area contributed by atoms with Gasteiger partial charge >= 0.3 is 0 Å². The normalized spacial score (nSPS) is 17.1. The van der Waals surface area contributed by atoms with Gasteiger partial charge in [-0.3, -0.25) is 0 Å². The molecule has 106 valence electrons. The van der Waals surface area contributed by atoms with Gasteiger partial charge in [0.05, 0.1) is 19.8 Å². The van der Waals surface area contributed by atoms with Crippen LogP contribution in [-0.2, 0) is 6.42 Å². The fourth-order valence-corrected chi connectivity index (χ4v) is 2.68. The average Bonchev–Trinajstić information content (AvgIpc) is 2.87. The summed E-state index contributed by atoms with van der Waals surface area (Å²) in [5.41, 5.74) is 1.85. The van der Waals surface area contributed by atoms with Crippen LogP contribution in [0, 0.1) is 5.92 Å². The molecule has 4 heteroatoms. The summed E-state index contributed by atoms with van der Waals surface area (Å²) in [5, 5.41) is 0.971. The molecule has 0 saturated carbocycles. The molecule has 1 aromatic heterocycles. The van der Waals surface area contributed by atoms with E-state index in [9.17, 15) is 0 Å². The summed E-state index contributed by atoms with van der Waals surface area (Å²) in [5.74, 6) is 2.71. The van der Waals surface area contributed by atoms with E-state index in [-0.39, 0.29) is 6.10 Å². The molecule has 0 spiro atoms. The van der Waals surface area contributed by atoms with Crippen molar-refractivity contribution in [1.29, 1.82) is 0 Å². The number of methoxy groups -OCH3 is 2. The quantitative estimate of drug-likeness (QED) is 0.861. The highest BCUT2D eigenvalue weighted by Gasteiger charge is 2.31. The number of benzene rings is 1. The van der Waals surface area contributed by atoms with E-state index in [1.54, 1.807) is 14.2 Å². The van der Waals surface area contributed by atoms with Crippen molar-refractivity contribution < 1.29 is 14.2 Å². The maximum absolute atomic E-state index is 5.97. The Hall–Kier alpha value is -1.97. The lowest BCUT2D eigenvalue weighted by molar-refractivity contribution is 0.173. The minimum absolute atomic E-state index is 0.161. The van der Waals surface area contributed by atoms with Crippen LogP contribution < -0.4 is 14.2 Å².